The Morgan fingerprint density at radius 1 is 1.47 bits per heavy atom. The lowest BCUT2D eigenvalue weighted by Crippen LogP contribution is -2.09. The molecule has 0 aliphatic heterocycles. The van der Waals surface area contributed by atoms with Gasteiger partial charge < -0.3 is 10.1 Å². The number of carbonyl (C=O) groups excluding carboxylic acids is 1. The van der Waals surface area contributed by atoms with Crippen molar-refractivity contribution in [3.8, 4) is 0 Å². The molecule has 1 N–H and O–H groups in total. The molecule has 0 atom stereocenters. The number of rotatable bonds is 3. The van der Waals surface area contributed by atoms with Gasteiger partial charge in [-0.15, -0.1) is 0 Å². The Hall–Kier alpha value is -1.81. The first-order valence-corrected chi connectivity index (χ1v) is 6.40. The third-order valence-electron chi connectivity index (χ3n) is 2.81. The van der Waals surface area contributed by atoms with Crippen molar-refractivity contribution in [2.45, 2.75) is 13.8 Å². The number of aromatic nitrogens is 1. The molecule has 100 valence electrons. The molecule has 1 aromatic heterocycles. The summed E-state index contributed by atoms with van der Waals surface area (Å²) in [4.78, 5) is 16.2. The van der Waals surface area contributed by atoms with E-state index >= 15 is 0 Å². The number of fused-ring (bicyclic) bond motifs is 1. The van der Waals surface area contributed by atoms with E-state index in [4.69, 9.17) is 16.3 Å². The Labute approximate surface area is 116 Å². The first-order valence-electron chi connectivity index (χ1n) is 6.02. The van der Waals surface area contributed by atoms with E-state index in [1.807, 2.05) is 19.1 Å². The molecule has 0 saturated heterocycles. The number of pyridine rings is 1. The minimum Gasteiger partial charge on any atom is -0.462 e. The number of hydrogen-bond acceptors (Lipinski definition) is 4. The highest BCUT2D eigenvalue weighted by Gasteiger charge is 2.17. The molecule has 2 aromatic rings. The van der Waals surface area contributed by atoms with Crippen molar-refractivity contribution in [1.29, 1.82) is 0 Å². The van der Waals surface area contributed by atoms with Gasteiger partial charge >= 0.3 is 5.97 Å². The van der Waals surface area contributed by atoms with Crippen LogP contribution in [0.3, 0.4) is 0 Å². The molecule has 0 bridgehead atoms. The number of anilines is 1. The first-order chi connectivity index (χ1) is 9.08. The number of ether oxygens (including phenoxy) is 1. The fourth-order valence-corrected chi connectivity index (χ4v) is 2.35. The van der Waals surface area contributed by atoms with Gasteiger partial charge in [0.05, 0.1) is 22.8 Å². The van der Waals surface area contributed by atoms with Gasteiger partial charge in [-0.25, -0.2) is 4.79 Å². The summed E-state index contributed by atoms with van der Waals surface area (Å²) in [5, 5.41) is 4.42. The fraction of sp³-hybridized carbons (Fsp3) is 0.286. The smallest absolute Gasteiger partial charge is 0.341 e. The zero-order chi connectivity index (χ0) is 14.0. The molecule has 0 aliphatic carbocycles. The second kappa shape index (κ2) is 5.45. The lowest BCUT2D eigenvalue weighted by atomic mass is 10.1. The molecule has 1 aromatic carbocycles. The van der Waals surface area contributed by atoms with Crippen molar-refractivity contribution in [2.75, 3.05) is 19.0 Å². The monoisotopic (exact) mass is 278 g/mol. The van der Waals surface area contributed by atoms with Crippen LogP contribution in [0.2, 0.25) is 5.02 Å². The van der Waals surface area contributed by atoms with E-state index in [1.165, 1.54) is 6.20 Å². The van der Waals surface area contributed by atoms with E-state index in [2.05, 4.69) is 10.3 Å². The van der Waals surface area contributed by atoms with Gasteiger partial charge in [-0.2, -0.15) is 0 Å². The number of aryl methyl sites for hydroxylation is 1. The summed E-state index contributed by atoms with van der Waals surface area (Å²) < 4.78 is 5.03. The van der Waals surface area contributed by atoms with Gasteiger partial charge in [-0.3, -0.25) is 4.98 Å². The number of nitrogens with zero attached hydrogens (tertiary/aromatic N) is 1. The van der Waals surface area contributed by atoms with Crippen molar-refractivity contribution in [3.05, 3.63) is 34.5 Å². The summed E-state index contributed by atoms with van der Waals surface area (Å²) >= 11 is 6.18. The molecule has 0 saturated carbocycles. The second-order valence-corrected chi connectivity index (χ2v) is 4.57. The fourth-order valence-electron chi connectivity index (χ4n) is 2.03. The van der Waals surface area contributed by atoms with E-state index in [0.29, 0.717) is 28.4 Å². The Balaban J connectivity index is 2.72. The Kier molecular flexibility index (Phi) is 3.90. The van der Waals surface area contributed by atoms with Crippen LogP contribution in [-0.2, 0) is 4.74 Å². The number of benzene rings is 1. The van der Waals surface area contributed by atoms with E-state index in [1.54, 1.807) is 14.0 Å². The van der Waals surface area contributed by atoms with Crippen LogP contribution in [0.4, 0.5) is 5.69 Å². The third-order valence-corrected chi connectivity index (χ3v) is 3.10. The van der Waals surface area contributed by atoms with Crippen LogP contribution in [-0.4, -0.2) is 24.6 Å². The van der Waals surface area contributed by atoms with Crippen LogP contribution >= 0.6 is 11.6 Å². The van der Waals surface area contributed by atoms with Gasteiger partial charge in [0.15, 0.2) is 0 Å². The third kappa shape index (κ3) is 2.49. The van der Waals surface area contributed by atoms with Crippen LogP contribution in [0.1, 0.15) is 22.8 Å². The molecule has 0 fully saturated rings. The molecule has 0 spiro atoms. The SMILES string of the molecule is CCOC(=O)c1cnc2c(Cl)cc(C)cc2c1NC. The average molecular weight is 279 g/mol. The lowest BCUT2D eigenvalue weighted by Gasteiger charge is -2.12. The molecule has 1 heterocycles. The first kappa shape index (κ1) is 13.6. The van der Waals surface area contributed by atoms with Gasteiger partial charge in [0.2, 0.25) is 0 Å². The lowest BCUT2D eigenvalue weighted by molar-refractivity contribution is 0.0527. The molecule has 2 rings (SSSR count). The van der Waals surface area contributed by atoms with Crippen molar-refractivity contribution in [1.82, 2.24) is 4.98 Å². The van der Waals surface area contributed by atoms with Crippen molar-refractivity contribution < 1.29 is 9.53 Å². The summed E-state index contributed by atoms with van der Waals surface area (Å²) in [5.41, 5.74) is 2.79. The minimum atomic E-state index is -0.390. The molecule has 0 unspecified atom stereocenters. The zero-order valence-corrected chi connectivity index (χ0v) is 11.8. The quantitative estimate of drug-likeness (QED) is 0.874. The van der Waals surface area contributed by atoms with E-state index in [0.717, 1.165) is 10.9 Å². The maximum Gasteiger partial charge on any atom is 0.341 e. The average Bonchev–Trinajstić information content (AvgIpc) is 2.37. The summed E-state index contributed by atoms with van der Waals surface area (Å²) in [6.07, 6.45) is 1.49. The summed E-state index contributed by atoms with van der Waals surface area (Å²) in [7, 11) is 1.76. The standard InChI is InChI=1S/C14H15ClN2O2/c1-4-19-14(18)10-7-17-13-9(12(10)16-3)5-8(2)6-11(13)15/h5-7H,4H2,1-3H3,(H,16,17). The highest BCUT2D eigenvalue weighted by molar-refractivity contribution is 6.35. The predicted octanol–water partition coefficient (Wildman–Crippen LogP) is 3.42. The number of nitrogens with one attached hydrogen (secondary N) is 1. The normalized spacial score (nSPS) is 10.5. The van der Waals surface area contributed by atoms with Crippen molar-refractivity contribution >= 4 is 34.2 Å². The number of hydrogen-bond donors (Lipinski definition) is 1. The number of esters is 1. The molecular formula is C14H15ClN2O2. The second-order valence-electron chi connectivity index (χ2n) is 4.16. The molecule has 0 aliphatic rings. The maximum atomic E-state index is 11.9. The summed E-state index contributed by atoms with van der Waals surface area (Å²) in [5.74, 6) is -0.390. The Bertz CT molecular complexity index is 641. The number of halogens is 1. The maximum absolute atomic E-state index is 11.9. The summed E-state index contributed by atoms with van der Waals surface area (Å²) in [6.45, 7) is 4.04. The van der Waals surface area contributed by atoms with Gasteiger partial charge in [0.25, 0.3) is 0 Å². The van der Waals surface area contributed by atoms with Crippen LogP contribution in [0.15, 0.2) is 18.3 Å². The highest BCUT2D eigenvalue weighted by atomic mass is 35.5. The molecular weight excluding hydrogens is 264 g/mol. The van der Waals surface area contributed by atoms with Crippen molar-refractivity contribution in [2.24, 2.45) is 0 Å². The van der Waals surface area contributed by atoms with E-state index < -0.39 is 0 Å². The Morgan fingerprint density at radius 3 is 2.84 bits per heavy atom. The van der Waals surface area contributed by atoms with Crippen LogP contribution in [0.5, 0.6) is 0 Å². The summed E-state index contributed by atoms with van der Waals surface area (Å²) in [6, 6.07) is 3.79. The molecule has 5 heteroatoms. The van der Waals surface area contributed by atoms with Gasteiger partial charge in [0.1, 0.15) is 5.56 Å². The highest BCUT2D eigenvalue weighted by Crippen LogP contribution is 2.31. The van der Waals surface area contributed by atoms with Crippen LogP contribution in [0, 0.1) is 6.92 Å². The topological polar surface area (TPSA) is 51.2 Å². The predicted molar refractivity (Wildman–Crippen MR) is 77.0 cm³/mol. The molecule has 19 heavy (non-hydrogen) atoms. The number of carbonyl (C=O) groups is 1. The van der Waals surface area contributed by atoms with Gasteiger partial charge in [0, 0.05) is 18.6 Å². The van der Waals surface area contributed by atoms with Gasteiger partial charge in [-0.1, -0.05) is 11.6 Å². The molecule has 4 nitrogen and oxygen atoms in total. The van der Waals surface area contributed by atoms with Crippen LogP contribution in [0.25, 0.3) is 10.9 Å². The molecule has 0 amide bonds. The van der Waals surface area contributed by atoms with Gasteiger partial charge in [-0.05, 0) is 31.5 Å². The minimum absolute atomic E-state index is 0.328. The largest absolute Gasteiger partial charge is 0.462 e. The van der Waals surface area contributed by atoms with Crippen molar-refractivity contribution in [3.63, 3.8) is 0 Å². The van der Waals surface area contributed by atoms with Crippen LogP contribution < -0.4 is 5.32 Å². The zero-order valence-electron chi connectivity index (χ0n) is 11.1. The molecule has 0 radical (unpaired) electrons. The van der Waals surface area contributed by atoms with E-state index in [9.17, 15) is 4.79 Å². The van der Waals surface area contributed by atoms with E-state index in [-0.39, 0.29) is 5.97 Å². The Morgan fingerprint density at radius 2 is 2.21 bits per heavy atom.